The van der Waals surface area contributed by atoms with Crippen LogP contribution in [0.5, 0.6) is 5.75 Å². The van der Waals surface area contributed by atoms with Crippen LogP contribution in [-0.4, -0.2) is 40.2 Å². The fourth-order valence-corrected chi connectivity index (χ4v) is 3.57. The van der Waals surface area contributed by atoms with E-state index < -0.39 is 6.36 Å². The highest BCUT2D eigenvalue weighted by Gasteiger charge is 2.31. The average Bonchev–Trinajstić information content (AvgIpc) is 2.99. The molecule has 0 bridgehead atoms. The lowest BCUT2D eigenvalue weighted by Gasteiger charge is -2.27. The van der Waals surface area contributed by atoms with E-state index in [0.29, 0.717) is 18.7 Å². The lowest BCUT2D eigenvalue weighted by Crippen LogP contribution is -2.33. The summed E-state index contributed by atoms with van der Waals surface area (Å²) in [6.07, 6.45) is -2.24. The molecule has 0 amide bonds. The van der Waals surface area contributed by atoms with Crippen LogP contribution < -0.4 is 10.3 Å². The number of hydrogen-bond donors (Lipinski definition) is 0. The lowest BCUT2D eigenvalue weighted by atomic mass is 9.97. The highest BCUT2D eigenvalue weighted by Crippen LogP contribution is 2.29. The zero-order valence-electron chi connectivity index (χ0n) is 15.8. The van der Waals surface area contributed by atoms with Crippen molar-refractivity contribution >= 4 is 13.4 Å². The van der Waals surface area contributed by atoms with Gasteiger partial charge in [0, 0.05) is 44.9 Å². The second kappa shape index (κ2) is 7.55. The molecule has 0 aliphatic carbocycles. The van der Waals surface area contributed by atoms with E-state index in [0.717, 1.165) is 41.3 Å². The van der Waals surface area contributed by atoms with Gasteiger partial charge in [-0.25, -0.2) is 4.98 Å². The van der Waals surface area contributed by atoms with Crippen LogP contribution in [0.2, 0.25) is 0 Å². The van der Waals surface area contributed by atoms with Crippen molar-refractivity contribution in [1.29, 1.82) is 0 Å². The molecule has 2 radical (unpaired) electrons. The monoisotopic (exact) mass is 398 g/mol. The van der Waals surface area contributed by atoms with Gasteiger partial charge in [-0.15, -0.1) is 13.2 Å². The van der Waals surface area contributed by atoms with Crippen molar-refractivity contribution in [2.75, 3.05) is 6.54 Å². The maximum Gasteiger partial charge on any atom is 0.573 e. The SMILES string of the molecule is [B]c1ncccc1CN1CCc2nc(-c3ccc(OC(F)(F)F)cc3)n(C)c2C1. The second-order valence-corrected chi connectivity index (χ2v) is 6.97. The van der Waals surface area contributed by atoms with Crippen molar-refractivity contribution in [2.24, 2.45) is 7.05 Å². The van der Waals surface area contributed by atoms with Crippen LogP contribution >= 0.6 is 0 Å². The molecule has 148 valence electrons. The summed E-state index contributed by atoms with van der Waals surface area (Å²) in [6.45, 7) is 2.25. The molecule has 2 aromatic heterocycles. The largest absolute Gasteiger partial charge is 0.573 e. The Morgan fingerprint density at radius 1 is 1.17 bits per heavy atom. The van der Waals surface area contributed by atoms with Crippen LogP contribution in [0.4, 0.5) is 13.2 Å². The van der Waals surface area contributed by atoms with Gasteiger partial charge in [-0.3, -0.25) is 9.88 Å². The number of nitrogens with zero attached hydrogens (tertiary/aromatic N) is 4. The first-order chi connectivity index (χ1) is 13.8. The molecule has 0 saturated heterocycles. The van der Waals surface area contributed by atoms with Crippen molar-refractivity contribution in [1.82, 2.24) is 19.4 Å². The molecule has 0 unspecified atom stereocenters. The minimum absolute atomic E-state index is 0.250. The molecule has 29 heavy (non-hydrogen) atoms. The van der Waals surface area contributed by atoms with E-state index in [1.807, 2.05) is 23.7 Å². The molecule has 0 saturated carbocycles. The zero-order valence-corrected chi connectivity index (χ0v) is 15.8. The number of fused-ring (bicyclic) bond motifs is 1. The first-order valence-corrected chi connectivity index (χ1v) is 9.12. The maximum atomic E-state index is 12.3. The van der Waals surface area contributed by atoms with Crippen LogP contribution in [0, 0.1) is 0 Å². The zero-order chi connectivity index (χ0) is 20.6. The quantitative estimate of drug-likeness (QED) is 0.634. The Kier molecular flexibility index (Phi) is 5.08. The van der Waals surface area contributed by atoms with E-state index in [4.69, 9.17) is 12.8 Å². The van der Waals surface area contributed by atoms with Gasteiger partial charge in [-0.05, 0) is 41.5 Å². The molecule has 1 aliphatic rings. The van der Waals surface area contributed by atoms with Crippen molar-refractivity contribution < 1.29 is 17.9 Å². The van der Waals surface area contributed by atoms with E-state index in [1.54, 1.807) is 18.3 Å². The van der Waals surface area contributed by atoms with Gasteiger partial charge in [0.25, 0.3) is 0 Å². The normalized spacial score (nSPS) is 14.6. The van der Waals surface area contributed by atoms with Gasteiger partial charge >= 0.3 is 6.36 Å². The summed E-state index contributed by atoms with van der Waals surface area (Å²) in [5.74, 6) is 0.469. The standard InChI is InChI=1S/C20H18BF3N4O/c1-27-17-12-28(11-14-3-2-9-25-18(14)21)10-8-16(17)26-19(27)13-4-6-15(7-5-13)29-20(22,23)24/h2-7,9H,8,10-12H2,1H3. The molecule has 5 nitrogen and oxygen atoms in total. The van der Waals surface area contributed by atoms with Crippen molar-refractivity contribution in [3.8, 4) is 17.1 Å². The number of ether oxygens (including phenoxy) is 1. The van der Waals surface area contributed by atoms with E-state index in [1.165, 1.54) is 12.1 Å². The van der Waals surface area contributed by atoms with Crippen LogP contribution in [0.1, 0.15) is 17.0 Å². The predicted octanol–water partition coefficient (Wildman–Crippen LogP) is 2.73. The molecule has 4 rings (SSSR count). The number of pyridine rings is 1. The highest BCUT2D eigenvalue weighted by molar-refractivity contribution is 6.31. The molecule has 3 aromatic rings. The van der Waals surface area contributed by atoms with Crippen LogP contribution in [0.25, 0.3) is 11.4 Å². The van der Waals surface area contributed by atoms with Gasteiger partial charge in [0.1, 0.15) is 19.4 Å². The summed E-state index contributed by atoms with van der Waals surface area (Å²) in [6, 6.07) is 9.61. The Morgan fingerprint density at radius 3 is 2.62 bits per heavy atom. The molecular weight excluding hydrogens is 380 g/mol. The Hall–Kier alpha value is -2.81. The van der Waals surface area contributed by atoms with Crippen molar-refractivity contribution in [3.63, 3.8) is 0 Å². The summed E-state index contributed by atoms with van der Waals surface area (Å²) in [7, 11) is 7.88. The smallest absolute Gasteiger partial charge is 0.406 e. The lowest BCUT2D eigenvalue weighted by molar-refractivity contribution is -0.274. The Labute approximate surface area is 167 Å². The van der Waals surface area contributed by atoms with Gasteiger partial charge in [0.05, 0.1) is 11.4 Å². The first kappa shape index (κ1) is 19.5. The summed E-state index contributed by atoms with van der Waals surface area (Å²) < 4.78 is 43.0. The minimum atomic E-state index is -4.70. The Balaban J connectivity index is 1.53. The Morgan fingerprint density at radius 2 is 1.93 bits per heavy atom. The summed E-state index contributed by atoms with van der Waals surface area (Å²) in [5, 5.41) is 0. The summed E-state index contributed by atoms with van der Waals surface area (Å²) in [4.78, 5) is 11.1. The highest BCUT2D eigenvalue weighted by atomic mass is 19.4. The van der Waals surface area contributed by atoms with Gasteiger partial charge in [-0.2, -0.15) is 0 Å². The second-order valence-electron chi connectivity index (χ2n) is 6.97. The Bertz CT molecular complexity index is 1020. The third kappa shape index (κ3) is 4.29. The van der Waals surface area contributed by atoms with Gasteiger partial charge < -0.3 is 9.30 Å². The van der Waals surface area contributed by atoms with E-state index in [2.05, 4.69) is 14.6 Å². The number of rotatable bonds is 4. The third-order valence-corrected chi connectivity index (χ3v) is 5.00. The third-order valence-electron chi connectivity index (χ3n) is 5.00. The number of hydrogen-bond acceptors (Lipinski definition) is 4. The molecular formula is C20H18BF3N4O. The van der Waals surface area contributed by atoms with E-state index in [9.17, 15) is 13.2 Å². The average molecular weight is 398 g/mol. The van der Waals surface area contributed by atoms with Crippen LogP contribution in [-0.2, 0) is 26.6 Å². The number of aromatic nitrogens is 3. The first-order valence-electron chi connectivity index (χ1n) is 9.12. The molecule has 3 heterocycles. The number of halogens is 3. The van der Waals surface area contributed by atoms with Crippen LogP contribution in [0.3, 0.4) is 0 Å². The van der Waals surface area contributed by atoms with E-state index in [-0.39, 0.29) is 5.75 Å². The topological polar surface area (TPSA) is 43.2 Å². The van der Waals surface area contributed by atoms with Gasteiger partial charge in [-0.1, -0.05) is 6.07 Å². The number of alkyl halides is 3. The fourth-order valence-electron chi connectivity index (χ4n) is 3.57. The maximum absolute atomic E-state index is 12.3. The molecule has 0 N–H and O–H groups in total. The molecule has 1 aliphatic heterocycles. The van der Waals surface area contributed by atoms with E-state index >= 15 is 0 Å². The van der Waals surface area contributed by atoms with Crippen molar-refractivity contribution in [2.45, 2.75) is 25.9 Å². The van der Waals surface area contributed by atoms with Gasteiger partial charge in [0.15, 0.2) is 0 Å². The summed E-state index contributed by atoms with van der Waals surface area (Å²) >= 11 is 0. The van der Waals surface area contributed by atoms with Gasteiger partial charge in [0.2, 0.25) is 0 Å². The molecule has 1 aromatic carbocycles. The fraction of sp³-hybridized carbons (Fsp3) is 0.300. The van der Waals surface area contributed by atoms with Crippen molar-refractivity contribution in [3.05, 3.63) is 59.5 Å². The molecule has 9 heteroatoms. The molecule has 0 spiro atoms. The predicted molar refractivity (Wildman–Crippen MR) is 103 cm³/mol. The molecule has 0 fully saturated rings. The molecule has 0 atom stereocenters. The minimum Gasteiger partial charge on any atom is -0.406 e. The number of imidazole rings is 1. The number of benzene rings is 1. The van der Waals surface area contributed by atoms with Crippen LogP contribution in [0.15, 0.2) is 42.6 Å². The summed E-state index contributed by atoms with van der Waals surface area (Å²) in [5.41, 5.74) is 4.35.